The maximum atomic E-state index is 12.4. The molecule has 2 aromatic carbocycles. The largest absolute Gasteiger partial charge is 0.486 e. The third-order valence-corrected chi connectivity index (χ3v) is 4.26. The van der Waals surface area contributed by atoms with Gasteiger partial charge in [-0.3, -0.25) is 4.79 Å². The zero-order valence-electron chi connectivity index (χ0n) is 15.4. The molecule has 1 aliphatic heterocycles. The summed E-state index contributed by atoms with van der Waals surface area (Å²) >= 11 is 0. The summed E-state index contributed by atoms with van der Waals surface area (Å²) in [6, 6.07) is 15.1. The lowest BCUT2D eigenvalue weighted by atomic mass is 10.1. The van der Waals surface area contributed by atoms with E-state index in [9.17, 15) is 4.79 Å². The number of carbonyl (C=O) groups is 1. The van der Waals surface area contributed by atoms with Crippen LogP contribution in [-0.2, 0) is 6.54 Å². The van der Waals surface area contributed by atoms with E-state index in [4.69, 9.17) is 9.47 Å². The number of aryl methyl sites for hydroxylation is 1. The number of rotatable bonds is 5. The molecule has 0 spiro atoms. The number of anilines is 2. The maximum absolute atomic E-state index is 12.4. The van der Waals surface area contributed by atoms with Gasteiger partial charge in [0.2, 0.25) is 5.95 Å². The molecule has 0 saturated heterocycles. The van der Waals surface area contributed by atoms with Gasteiger partial charge in [-0.15, -0.1) is 0 Å². The number of fused-ring (bicyclic) bond motifs is 1. The van der Waals surface area contributed by atoms with Crippen molar-refractivity contribution in [3.05, 3.63) is 71.5 Å². The fourth-order valence-corrected chi connectivity index (χ4v) is 2.77. The first-order valence-electron chi connectivity index (χ1n) is 9.01. The Morgan fingerprint density at radius 2 is 1.82 bits per heavy atom. The third-order valence-electron chi connectivity index (χ3n) is 4.26. The molecule has 7 nitrogen and oxygen atoms in total. The van der Waals surface area contributed by atoms with Gasteiger partial charge in [-0.2, -0.15) is 0 Å². The molecule has 4 rings (SSSR count). The predicted octanol–water partition coefficient (Wildman–Crippen LogP) is 3.23. The fraction of sp³-hybridized carbons (Fsp3) is 0.190. The van der Waals surface area contributed by atoms with Gasteiger partial charge in [0.15, 0.2) is 11.5 Å². The second kappa shape index (κ2) is 7.96. The number of nitrogens with one attached hydrogen (secondary N) is 2. The molecule has 2 heterocycles. The van der Waals surface area contributed by atoms with Gasteiger partial charge >= 0.3 is 0 Å². The Morgan fingerprint density at radius 1 is 1.04 bits per heavy atom. The van der Waals surface area contributed by atoms with Crippen molar-refractivity contribution in [2.75, 3.05) is 18.5 Å². The van der Waals surface area contributed by atoms with E-state index in [0.29, 0.717) is 42.9 Å². The van der Waals surface area contributed by atoms with E-state index in [1.54, 1.807) is 12.3 Å². The Bertz CT molecular complexity index is 989. The molecule has 0 aliphatic carbocycles. The number of aromatic nitrogens is 2. The molecule has 2 N–H and O–H groups in total. The summed E-state index contributed by atoms with van der Waals surface area (Å²) in [6.07, 6.45) is 1.55. The lowest BCUT2D eigenvalue weighted by molar-refractivity contribution is 0.0946. The van der Waals surface area contributed by atoms with Crippen molar-refractivity contribution < 1.29 is 14.3 Å². The first kappa shape index (κ1) is 17.8. The molecular weight excluding hydrogens is 356 g/mol. The molecule has 0 radical (unpaired) electrons. The SMILES string of the molecule is Cc1ccc(CNC(=O)c2ccnc(Nc3ccc4c(c3)OCCO4)n2)cc1. The summed E-state index contributed by atoms with van der Waals surface area (Å²) in [6.45, 7) is 3.53. The van der Waals surface area contributed by atoms with E-state index in [1.807, 2.05) is 49.4 Å². The van der Waals surface area contributed by atoms with E-state index in [0.717, 1.165) is 11.3 Å². The van der Waals surface area contributed by atoms with Gasteiger partial charge in [0.1, 0.15) is 18.9 Å². The smallest absolute Gasteiger partial charge is 0.270 e. The van der Waals surface area contributed by atoms with E-state index >= 15 is 0 Å². The van der Waals surface area contributed by atoms with Gasteiger partial charge in [0.25, 0.3) is 5.91 Å². The number of carbonyl (C=O) groups excluding carboxylic acids is 1. The van der Waals surface area contributed by atoms with Crippen molar-refractivity contribution in [1.82, 2.24) is 15.3 Å². The molecule has 0 unspecified atom stereocenters. The average molecular weight is 376 g/mol. The van der Waals surface area contributed by atoms with E-state index in [1.165, 1.54) is 5.56 Å². The van der Waals surface area contributed by atoms with Crippen LogP contribution in [0, 0.1) is 6.92 Å². The quantitative estimate of drug-likeness (QED) is 0.711. The predicted molar refractivity (Wildman–Crippen MR) is 105 cm³/mol. The molecule has 0 fully saturated rings. The Morgan fingerprint density at radius 3 is 2.64 bits per heavy atom. The van der Waals surface area contributed by atoms with Crippen LogP contribution in [0.25, 0.3) is 0 Å². The maximum Gasteiger partial charge on any atom is 0.270 e. The van der Waals surface area contributed by atoms with Gasteiger partial charge < -0.3 is 20.1 Å². The van der Waals surface area contributed by atoms with Crippen LogP contribution in [0.5, 0.6) is 11.5 Å². The standard InChI is InChI=1S/C21H20N4O3/c1-14-2-4-15(5-3-14)13-23-20(26)17-8-9-22-21(25-17)24-16-6-7-18-19(12-16)28-11-10-27-18/h2-9,12H,10-11,13H2,1H3,(H,23,26)(H,22,24,25). The monoisotopic (exact) mass is 376 g/mol. The Kier molecular flexibility index (Phi) is 5.05. The molecule has 0 bridgehead atoms. The van der Waals surface area contributed by atoms with Gasteiger partial charge in [-0.05, 0) is 30.7 Å². The molecule has 142 valence electrons. The van der Waals surface area contributed by atoms with E-state index in [2.05, 4.69) is 20.6 Å². The van der Waals surface area contributed by atoms with Gasteiger partial charge in [0.05, 0.1) is 0 Å². The molecule has 3 aromatic rings. The summed E-state index contributed by atoms with van der Waals surface area (Å²) < 4.78 is 11.1. The van der Waals surface area contributed by atoms with Gasteiger partial charge in [-0.25, -0.2) is 9.97 Å². The van der Waals surface area contributed by atoms with Gasteiger partial charge in [0, 0.05) is 24.5 Å². The minimum atomic E-state index is -0.256. The van der Waals surface area contributed by atoms with Crippen LogP contribution in [0.1, 0.15) is 21.6 Å². The summed E-state index contributed by atoms with van der Waals surface area (Å²) in [5, 5.41) is 5.96. The molecule has 1 aromatic heterocycles. The van der Waals surface area contributed by atoms with Crippen molar-refractivity contribution in [1.29, 1.82) is 0 Å². The van der Waals surface area contributed by atoms with E-state index < -0.39 is 0 Å². The van der Waals surface area contributed by atoms with Gasteiger partial charge in [-0.1, -0.05) is 29.8 Å². The molecule has 1 amide bonds. The summed E-state index contributed by atoms with van der Waals surface area (Å²) in [4.78, 5) is 20.9. The summed E-state index contributed by atoms with van der Waals surface area (Å²) in [5.74, 6) is 1.46. The Hall–Kier alpha value is -3.61. The van der Waals surface area contributed by atoms with Crippen LogP contribution in [0.15, 0.2) is 54.7 Å². The summed E-state index contributed by atoms with van der Waals surface area (Å²) in [5.41, 5.74) is 3.26. The number of amides is 1. The minimum absolute atomic E-state index is 0.256. The number of ether oxygens (including phenoxy) is 2. The molecule has 7 heteroatoms. The summed E-state index contributed by atoms with van der Waals surface area (Å²) in [7, 11) is 0. The van der Waals surface area contributed by atoms with Crippen LogP contribution in [0.2, 0.25) is 0 Å². The van der Waals surface area contributed by atoms with Crippen molar-refractivity contribution in [2.45, 2.75) is 13.5 Å². The van der Waals surface area contributed by atoms with Crippen molar-refractivity contribution in [3.8, 4) is 11.5 Å². The van der Waals surface area contributed by atoms with E-state index in [-0.39, 0.29) is 5.91 Å². The van der Waals surface area contributed by atoms with Crippen molar-refractivity contribution >= 4 is 17.5 Å². The van der Waals surface area contributed by atoms with Crippen LogP contribution in [0.3, 0.4) is 0 Å². The fourth-order valence-electron chi connectivity index (χ4n) is 2.77. The molecule has 0 saturated carbocycles. The number of hydrogen-bond donors (Lipinski definition) is 2. The lowest BCUT2D eigenvalue weighted by Gasteiger charge is -2.19. The highest BCUT2D eigenvalue weighted by Gasteiger charge is 2.13. The zero-order chi connectivity index (χ0) is 19.3. The molecule has 28 heavy (non-hydrogen) atoms. The first-order valence-corrected chi connectivity index (χ1v) is 9.01. The second-order valence-corrected chi connectivity index (χ2v) is 6.42. The highest BCUT2D eigenvalue weighted by molar-refractivity contribution is 5.92. The molecule has 1 aliphatic rings. The Balaban J connectivity index is 1.42. The number of nitrogens with zero attached hydrogens (tertiary/aromatic N) is 2. The minimum Gasteiger partial charge on any atom is -0.486 e. The van der Waals surface area contributed by atoms with Crippen LogP contribution in [-0.4, -0.2) is 29.1 Å². The van der Waals surface area contributed by atoms with Crippen LogP contribution >= 0.6 is 0 Å². The van der Waals surface area contributed by atoms with Crippen molar-refractivity contribution in [2.24, 2.45) is 0 Å². The zero-order valence-corrected chi connectivity index (χ0v) is 15.4. The highest BCUT2D eigenvalue weighted by atomic mass is 16.6. The van der Waals surface area contributed by atoms with Crippen LogP contribution < -0.4 is 20.1 Å². The first-order chi connectivity index (χ1) is 13.7. The lowest BCUT2D eigenvalue weighted by Crippen LogP contribution is -2.24. The Labute approximate surface area is 162 Å². The molecular formula is C21H20N4O3. The highest BCUT2D eigenvalue weighted by Crippen LogP contribution is 2.33. The third kappa shape index (κ3) is 4.20. The average Bonchev–Trinajstić information content (AvgIpc) is 2.73. The van der Waals surface area contributed by atoms with Crippen molar-refractivity contribution in [3.63, 3.8) is 0 Å². The van der Waals surface area contributed by atoms with Crippen LogP contribution in [0.4, 0.5) is 11.6 Å². The number of benzene rings is 2. The second-order valence-electron chi connectivity index (χ2n) is 6.42. The normalized spacial score (nSPS) is 12.3. The topological polar surface area (TPSA) is 85.4 Å². The molecule has 0 atom stereocenters. The number of hydrogen-bond acceptors (Lipinski definition) is 6.